The largest absolute Gasteiger partial charge is 0.494 e. The molecule has 6 fully saturated rings. The summed E-state index contributed by atoms with van der Waals surface area (Å²) in [5.74, 6) is 2.73. The quantitative estimate of drug-likeness (QED) is 0.131. The van der Waals surface area contributed by atoms with Crippen LogP contribution < -0.4 is 9.47 Å². The Morgan fingerprint density at radius 1 is 0.644 bits per heavy atom. The highest BCUT2D eigenvalue weighted by molar-refractivity contribution is 5.34. The van der Waals surface area contributed by atoms with Gasteiger partial charge in [-0.3, -0.25) is 9.80 Å². The maximum absolute atomic E-state index is 6.17. The van der Waals surface area contributed by atoms with Crippen LogP contribution in [-0.2, 0) is 25.0 Å². The number of likely N-dealkylation sites (tertiary alicyclic amines) is 2. The van der Waals surface area contributed by atoms with Crippen LogP contribution in [0, 0.1) is 5.92 Å². The highest BCUT2D eigenvalue weighted by atomic mass is 16.5. The molecule has 6 aliphatic rings. The van der Waals surface area contributed by atoms with E-state index in [1.165, 1.54) is 108 Å². The molecule has 8 rings (SSSR count). The summed E-state index contributed by atoms with van der Waals surface area (Å²) in [4.78, 5) is 10.3. The lowest BCUT2D eigenvalue weighted by atomic mass is 9.73. The molecule has 330 valence electrons. The predicted octanol–water partition coefficient (Wildman–Crippen LogP) is 8.04. The van der Waals surface area contributed by atoms with Crippen molar-refractivity contribution < 1.29 is 23.7 Å². The number of hydrogen-bond acceptors (Lipinski definition) is 9. The maximum Gasteiger partial charge on any atom is 0.119 e. The standard InChI is InChI=1S/C25H38N2O3.C25H42N2O2/c1-2-4-23(3-1)27-17-21(18-27)19-30-24-7-5-22(6-8-24)25(9-13-28-14-10-25)20-26-11-15-29-16-12-26;1-3-4-5-15-26(2)22-25(13-20-28-21-14-25)23-9-11-24(12-10-23)29-19-8-18-27-16-6-7-17-27/h5-8,21,23H,1-4,9-20H2;9-12H,3-8,13-22H2,1-2H3. The molecule has 0 radical (unpaired) electrons. The number of unbranched alkanes of at least 4 members (excludes halogenated alkanes) is 2. The van der Waals surface area contributed by atoms with Crippen molar-refractivity contribution in [3.63, 3.8) is 0 Å². The molecule has 1 aliphatic carbocycles. The molecule has 0 amide bonds. The van der Waals surface area contributed by atoms with E-state index in [2.05, 4.69) is 82.1 Å². The molecule has 1 saturated carbocycles. The third-order valence-corrected chi connectivity index (χ3v) is 14.6. The molecule has 0 bridgehead atoms. The van der Waals surface area contributed by atoms with Gasteiger partial charge in [0.25, 0.3) is 0 Å². The average molecular weight is 817 g/mol. The second-order valence-corrected chi connectivity index (χ2v) is 19.0. The van der Waals surface area contributed by atoms with Crippen LogP contribution in [0.25, 0.3) is 0 Å². The number of nitrogens with zero attached hydrogens (tertiary/aromatic N) is 4. The van der Waals surface area contributed by atoms with Crippen molar-refractivity contribution in [2.45, 2.75) is 114 Å². The second kappa shape index (κ2) is 23.3. The molecule has 0 N–H and O–H groups in total. The molecule has 59 heavy (non-hydrogen) atoms. The van der Waals surface area contributed by atoms with Gasteiger partial charge in [0.1, 0.15) is 11.5 Å². The van der Waals surface area contributed by atoms with Gasteiger partial charge in [0.2, 0.25) is 0 Å². The Kier molecular flexibility index (Phi) is 17.7. The van der Waals surface area contributed by atoms with E-state index >= 15 is 0 Å². The normalized spacial score (nSPS) is 23.2. The highest BCUT2D eigenvalue weighted by Crippen LogP contribution is 2.38. The summed E-state index contributed by atoms with van der Waals surface area (Å²) < 4.78 is 29.2. The fraction of sp³-hybridized carbons (Fsp3) is 0.760. The minimum Gasteiger partial charge on any atom is -0.494 e. The van der Waals surface area contributed by atoms with Gasteiger partial charge in [-0.25, -0.2) is 0 Å². The molecule has 2 aromatic carbocycles. The van der Waals surface area contributed by atoms with Crippen LogP contribution >= 0.6 is 0 Å². The fourth-order valence-electron chi connectivity index (χ4n) is 10.8. The Morgan fingerprint density at radius 2 is 1.22 bits per heavy atom. The SMILES string of the molecule is CCCCCN(C)CC1(c2ccc(OCCCN3CCCC3)cc2)CCOCC1.c1cc(C2(CN3CCOCC3)CCOCC2)ccc1OCC1CN(C2CCCC2)C1. The van der Waals surface area contributed by atoms with Gasteiger partial charge in [0.05, 0.1) is 26.4 Å². The molecular weight excluding hydrogens is 737 g/mol. The monoisotopic (exact) mass is 817 g/mol. The molecule has 5 heterocycles. The highest BCUT2D eigenvalue weighted by Gasteiger charge is 2.38. The van der Waals surface area contributed by atoms with E-state index in [0.29, 0.717) is 5.92 Å². The Hall–Kier alpha value is -2.24. The van der Waals surface area contributed by atoms with Gasteiger partial charge in [-0.05, 0) is 126 Å². The molecule has 0 unspecified atom stereocenters. The molecular formula is C50H80N4O5. The van der Waals surface area contributed by atoms with E-state index in [9.17, 15) is 0 Å². The van der Waals surface area contributed by atoms with Gasteiger partial charge in [-0.1, -0.05) is 56.9 Å². The van der Waals surface area contributed by atoms with Crippen molar-refractivity contribution >= 4 is 0 Å². The molecule has 5 aliphatic heterocycles. The minimum atomic E-state index is 0.198. The van der Waals surface area contributed by atoms with Crippen molar-refractivity contribution in [3.8, 4) is 11.5 Å². The summed E-state index contributed by atoms with van der Waals surface area (Å²) in [5.41, 5.74) is 3.31. The molecule has 9 heteroatoms. The van der Waals surface area contributed by atoms with Crippen molar-refractivity contribution in [1.82, 2.24) is 19.6 Å². The zero-order chi connectivity index (χ0) is 40.6. The summed E-state index contributed by atoms with van der Waals surface area (Å²) in [5, 5.41) is 0. The van der Waals surface area contributed by atoms with Crippen LogP contribution in [0.4, 0.5) is 0 Å². The van der Waals surface area contributed by atoms with Gasteiger partial charge >= 0.3 is 0 Å². The molecule has 0 aromatic heterocycles. The Morgan fingerprint density at radius 3 is 1.85 bits per heavy atom. The summed E-state index contributed by atoms with van der Waals surface area (Å²) in [6.45, 7) is 20.8. The topological polar surface area (TPSA) is 59.1 Å². The Bertz CT molecular complexity index is 1440. The Labute approximate surface area is 358 Å². The molecule has 9 nitrogen and oxygen atoms in total. The van der Waals surface area contributed by atoms with E-state index < -0.39 is 0 Å². The zero-order valence-electron chi connectivity index (χ0n) is 37.2. The molecule has 5 saturated heterocycles. The van der Waals surface area contributed by atoms with Crippen LogP contribution in [0.3, 0.4) is 0 Å². The van der Waals surface area contributed by atoms with Crippen LogP contribution in [0.1, 0.15) is 108 Å². The number of benzene rings is 2. The summed E-state index contributed by atoms with van der Waals surface area (Å²) in [6.07, 6.45) is 17.8. The van der Waals surface area contributed by atoms with Gasteiger partial charge in [0.15, 0.2) is 0 Å². The van der Waals surface area contributed by atoms with Gasteiger partial charge < -0.3 is 33.5 Å². The zero-order valence-corrected chi connectivity index (χ0v) is 37.2. The van der Waals surface area contributed by atoms with Gasteiger partial charge in [-0.15, -0.1) is 0 Å². The van der Waals surface area contributed by atoms with E-state index in [4.69, 9.17) is 23.7 Å². The third kappa shape index (κ3) is 13.1. The lowest BCUT2D eigenvalue weighted by Crippen LogP contribution is -2.53. The molecule has 0 atom stereocenters. The van der Waals surface area contributed by atoms with E-state index in [1.807, 2.05) is 0 Å². The van der Waals surface area contributed by atoms with Crippen LogP contribution in [0.2, 0.25) is 0 Å². The first-order valence-electron chi connectivity index (χ1n) is 24.1. The first kappa shape index (κ1) is 44.8. The molecule has 0 spiro atoms. The van der Waals surface area contributed by atoms with Crippen molar-refractivity contribution in [2.24, 2.45) is 5.92 Å². The fourth-order valence-corrected chi connectivity index (χ4v) is 10.8. The van der Waals surface area contributed by atoms with Crippen LogP contribution in [0.15, 0.2) is 48.5 Å². The first-order valence-corrected chi connectivity index (χ1v) is 24.1. The predicted molar refractivity (Wildman–Crippen MR) is 239 cm³/mol. The van der Waals surface area contributed by atoms with Gasteiger partial charge in [-0.2, -0.15) is 0 Å². The average Bonchev–Trinajstić information content (AvgIpc) is 4.00. The van der Waals surface area contributed by atoms with E-state index in [-0.39, 0.29) is 10.8 Å². The lowest BCUT2D eigenvalue weighted by molar-refractivity contribution is -0.00121. The first-order chi connectivity index (χ1) is 29.0. The van der Waals surface area contributed by atoms with E-state index in [1.54, 1.807) is 0 Å². The van der Waals surface area contributed by atoms with Crippen LogP contribution in [-0.4, -0.2) is 151 Å². The maximum atomic E-state index is 6.17. The smallest absolute Gasteiger partial charge is 0.119 e. The number of hydrogen-bond donors (Lipinski definition) is 0. The number of likely N-dealkylation sites (N-methyl/N-ethyl adjacent to an activating group) is 1. The van der Waals surface area contributed by atoms with Crippen molar-refractivity contribution in [2.75, 3.05) is 125 Å². The number of rotatable bonds is 19. The number of morpholine rings is 1. The summed E-state index contributed by atoms with van der Waals surface area (Å²) >= 11 is 0. The number of ether oxygens (including phenoxy) is 5. The third-order valence-electron chi connectivity index (χ3n) is 14.6. The molecule has 2 aromatic rings. The minimum absolute atomic E-state index is 0.198. The van der Waals surface area contributed by atoms with Crippen LogP contribution in [0.5, 0.6) is 11.5 Å². The summed E-state index contributed by atoms with van der Waals surface area (Å²) in [7, 11) is 2.28. The van der Waals surface area contributed by atoms with E-state index in [0.717, 1.165) is 129 Å². The lowest BCUT2D eigenvalue weighted by Gasteiger charge is -2.43. The second-order valence-electron chi connectivity index (χ2n) is 19.0. The van der Waals surface area contributed by atoms with Crippen molar-refractivity contribution in [1.29, 1.82) is 0 Å². The summed E-state index contributed by atoms with van der Waals surface area (Å²) in [6, 6.07) is 18.8. The Balaban J connectivity index is 0.000000179. The van der Waals surface area contributed by atoms with Crippen molar-refractivity contribution in [3.05, 3.63) is 59.7 Å². The van der Waals surface area contributed by atoms with Gasteiger partial charge in [0, 0.05) is 95.0 Å².